The van der Waals surface area contributed by atoms with Crippen LogP contribution in [0.15, 0.2) is 84.4 Å². The molecule has 0 saturated heterocycles. The SMILES string of the molecule is O=C(CSc1ccc(-c2ccc(-n3ccnc3)cc2)nn1)c1ccc(F)cc1. The molecule has 0 unspecified atom stereocenters. The molecule has 4 rings (SSSR count). The van der Waals surface area contributed by atoms with Gasteiger partial charge in [-0.25, -0.2) is 9.37 Å². The van der Waals surface area contributed by atoms with Crippen molar-refractivity contribution in [3.05, 3.63) is 90.8 Å². The largest absolute Gasteiger partial charge is 0.306 e. The third-order valence-corrected chi connectivity index (χ3v) is 5.04. The summed E-state index contributed by atoms with van der Waals surface area (Å²) in [7, 11) is 0. The summed E-state index contributed by atoms with van der Waals surface area (Å²) in [6, 6.07) is 17.2. The first-order valence-corrected chi connectivity index (χ1v) is 9.52. The van der Waals surface area contributed by atoms with E-state index in [4.69, 9.17) is 0 Å². The Morgan fingerprint density at radius 1 is 0.964 bits per heavy atom. The lowest BCUT2D eigenvalue weighted by atomic mass is 10.1. The Morgan fingerprint density at radius 3 is 2.39 bits per heavy atom. The summed E-state index contributed by atoms with van der Waals surface area (Å²) in [5.74, 6) is -0.214. The maximum atomic E-state index is 12.9. The maximum Gasteiger partial charge on any atom is 0.173 e. The topological polar surface area (TPSA) is 60.7 Å². The van der Waals surface area contributed by atoms with Crippen LogP contribution in [-0.2, 0) is 0 Å². The van der Waals surface area contributed by atoms with Crippen molar-refractivity contribution in [2.24, 2.45) is 0 Å². The number of hydrogen-bond donors (Lipinski definition) is 0. The highest BCUT2D eigenvalue weighted by Gasteiger charge is 2.08. The zero-order chi connectivity index (χ0) is 19.3. The second-order valence-electron chi connectivity index (χ2n) is 5.99. The lowest BCUT2D eigenvalue weighted by molar-refractivity contribution is 0.102. The highest BCUT2D eigenvalue weighted by atomic mass is 32.2. The molecule has 0 spiro atoms. The van der Waals surface area contributed by atoms with E-state index in [0.29, 0.717) is 10.6 Å². The smallest absolute Gasteiger partial charge is 0.173 e. The van der Waals surface area contributed by atoms with Gasteiger partial charge in [0.25, 0.3) is 0 Å². The van der Waals surface area contributed by atoms with Crippen LogP contribution in [0.3, 0.4) is 0 Å². The van der Waals surface area contributed by atoms with Gasteiger partial charge in [-0.1, -0.05) is 23.9 Å². The van der Waals surface area contributed by atoms with Crippen molar-refractivity contribution in [1.82, 2.24) is 19.7 Å². The number of hydrogen-bond acceptors (Lipinski definition) is 5. The van der Waals surface area contributed by atoms with Gasteiger partial charge >= 0.3 is 0 Å². The number of ketones is 1. The van der Waals surface area contributed by atoms with Crippen molar-refractivity contribution >= 4 is 17.5 Å². The molecule has 0 N–H and O–H groups in total. The van der Waals surface area contributed by atoms with Crippen molar-refractivity contribution in [2.45, 2.75) is 5.03 Å². The molecule has 0 atom stereocenters. The van der Waals surface area contributed by atoms with Gasteiger partial charge in [-0.05, 0) is 48.5 Å². The van der Waals surface area contributed by atoms with Gasteiger partial charge in [0, 0.05) is 29.2 Å². The molecular weight excluding hydrogens is 375 g/mol. The number of halogens is 1. The molecule has 7 heteroatoms. The zero-order valence-corrected chi connectivity index (χ0v) is 15.5. The van der Waals surface area contributed by atoms with E-state index in [0.717, 1.165) is 16.9 Å². The number of thioether (sulfide) groups is 1. The third-order valence-electron chi connectivity index (χ3n) is 4.12. The van der Waals surface area contributed by atoms with Crippen LogP contribution in [0.2, 0.25) is 0 Å². The summed E-state index contributed by atoms with van der Waals surface area (Å²) in [5.41, 5.74) is 3.21. The summed E-state index contributed by atoms with van der Waals surface area (Å²) >= 11 is 1.30. The van der Waals surface area contributed by atoms with E-state index < -0.39 is 0 Å². The van der Waals surface area contributed by atoms with Crippen molar-refractivity contribution in [1.29, 1.82) is 0 Å². The van der Waals surface area contributed by atoms with E-state index >= 15 is 0 Å². The number of carbonyl (C=O) groups excluding carboxylic acids is 1. The van der Waals surface area contributed by atoms with Gasteiger partial charge < -0.3 is 4.57 Å². The Bertz CT molecular complexity index is 1060. The molecule has 0 aliphatic carbocycles. The molecule has 0 fully saturated rings. The Hall–Kier alpha value is -3.32. The first-order valence-electron chi connectivity index (χ1n) is 8.53. The Kier molecular flexibility index (Phi) is 5.25. The first-order chi connectivity index (χ1) is 13.7. The molecule has 4 aromatic rings. The van der Waals surface area contributed by atoms with Gasteiger partial charge in [0.2, 0.25) is 0 Å². The van der Waals surface area contributed by atoms with Gasteiger partial charge in [0.1, 0.15) is 10.8 Å². The van der Waals surface area contributed by atoms with Crippen LogP contribution in [-0.4, -0.2) is 31.3 Å². The van der Waals surface area contributed by atoms with E-state index in [9.17, 15) is 9.18 Å². The molecule has 138 valence electrons. The van der Waals surface area contributed by atoms with Crippen LogP contribution >= 0.6 is 11.8 Å². The molecule has 0 saturated carbocycles. The monoisotopic (exact) mass is 390 g/mol. The fourth-order valence-electron chi connectivity index (χ4n) is 2.63. The van der Waals surface area contributed by atoms with E-state index in [1.54, 1.807) is 12.5 Å². The quantitative estimate of drug-likeness (QED) is 0.360. The van der Waals surface area contributed by atoms with Crippen LogP contribution in [0.5, 0.6) is 0 Å². The molecular formula is C21H15FN4OS. The molecule has 2 heterocycles. The molecule has 2 aromatic heterocycles. The first kappa shape index (κ1) is 18.1. The van der Waals surface area contributed by atoms with Crippen LogP contribution < -0.4 is 0 Å². The van der Waals surface area contributed by atoms with Crippen molar-refractivity contribution in [2.75, 3.05) is 5.75 Å². The lowest BCUT2D eigenvalue weighted by Crippen LogP contribution is -2.02. The minimum atomic E-state index is -0.358. The third kappa shape index (κ3) is 4.15. The molecule has 0 bridgehead atoms. The number of Topliss-reactive ketones (excluding diaryl/α,β-unsaturated/α-hetero) is 1. The number of carbonyl (C=O) groups is 1. The molecule has 5 nitrogen and oxygen atoms in total. The van der Waals surface area contributed by atoms with Crippen LogP contribution in [0.25, 0.3) is 16.9 Å². The minimum absolute atomic E-state index is 0.0778. The van der Waals surface area contributed by atoms with Gasteiger partial charge in [0.15, 0.2) is 5.78 Å². The maximum absolute atomic E-state index is 12.9. The summed E-state index contributed by atoms with van der Waals surface area (Å²) in [5, 5.41) is 9.11. The molecule has 0 radical (unpaired) electrons. The molecule has 2 aromatic carbocycles. The summed E-state index contributed by atoms with van der Waals surface area (Å²) in [4.78, 5) is 16.2. The van der Waals surface area contributed by atoms with E-state index in [1.807, 2.05) is 47.2 Å². The standard InChI is InChI=1S/C21H15FN4OS/c22-17-5-1-16(2-6-17)20(27)13-28-21-10-9-19(24-25-21)15-3-7-18(8-4-15)26-12-11-23-14-26/h1-12,14H,13H2. The number of benzene rings is 2. The van der Waals surface area contributed by atoms with Crippen molar-refractivity contribution in [3.63, 3.8) is 0 Å². The summed E-state index contributed by atoms with van der Waals surface area (Å²) in [6.07, 6.45) is 5.36. The minimum Gasteiger partial charge on any atom is -0.306 e. The number of rotatable bonds is 6. The lowest BCUT2D eigenvalue weighted by Gasteiger charge is -2.05. The average Bonchev–Trinajstić information content (AvgIpc) is 3.28. The van der Waals surface area contributed by atoms with Crippen molar-refractivity contribution in [3.8, 4) is 16.9 Å². The Morgan fingerprint density at radius 2 is 1.75 bits per heavy atom. The van der Waals surface area contributed by atoms with Gasteiger partial charge in [-0.15, -0.1) is 10.2 Å². The zero-order valence-electron chi connectivity index (χ0n) is 14.7. The fraction of sp³-hybridized carbons (Fsp3) is 0.0476. The molecule has 28 heavy (non-hydrogen) atoms. The van der Waals surface area contributed by atoms with E-state index in [-0.39, 0.29) is 17.4 Å². The second kappa shape index (κ2) is 8.14. The second-order valence-corrected chi connectivity index (χ2v) is 6.99. The predicted octanol–water partition coefficient (Wildman–Crippen LogP) is 4.44. The van der Waals surface area contributed by atoms with Crippen LogP contribution in [0.4, 0.5) is 4.39 Å². The molecule has 0 aliphatic rings. The van der Waals surface area contributed by atoms with Gasteiger partial charge in [-0.3, -0.25) is 4.79 Å². The number of aromatic nitrogens is 4. The number of imidazole rings is 1. The Labute approximate surface area is 165 Å². The fourth-order valence-corrected chi connectivity index (χ4v) is 3.33. The molecule has 0 amide bonds. The van der Waals surface area contributed by atoms with Crippen molar-refractivity contribution < 1.29 is 9.18 Å². The summed E-state index contributed by atoms with van der Waals surface area (Å²) in [6.45, 7) is 0. The van der Waals surface area contributed by atoms with E-state index in [2.05, 4.69) is 15.2 Å². The van der Waals surface area contributed by atoms with Crippen LogP contribution in [0, 0.1) is 5.82 Å². The highest BCUT2D eigenvalue weighted by molar-refractivity contribution is 7.99. The van der Waals surface area contributed by atoms with Gasteiger partial charge in [-0.2, -0.15) is 0 Å². The van der Waals surface area contributed by atoms with E-state index in [1.165, 1.54) is 36.0 Å². The van der Waals surface area contributed by atoms with Crippen LogP contribution in [0.1, 0.15) is 10.4 Å². The van der Waals surface area contributed by atoms with Gasteiger partial charge in [0.05, 0.1) is 17.8 Å². The number of nitrogens with zero attached hydrogens (tertiary/aromatic N) is 4. The normalized spacial score (nSPS) is 10.8. The highest BCUT2D eigenvalue weighted by Crippen LogP contribution is 2.22. The molecule has 0 aliphatic heterocycles. The summed E-state index contributed by atoms with van der Waals surface area (Å²) < 4.78 is 14.9. The average molecular weight is 390 g/mol. The Balaban J connectivity index is 1.39. The predicted molar refractivity (Wildman–Crippen MR) is 106 cm³/mol.